The maximum Gasteiger partial charge on any atom is 0.494 e. The lowest BCUT2D eigenvalue weighted by Crippen LogP contribution is -2.65. The summed E-state index contributed by atoms with van der Waals surface area (Å²) in [5.74, 6) is 0.298. The Bertz CT molecular complexity index is 643. The molecule has 0 spiro atoms. The molecule has 0 amide bonds. The fourth-order valence-electron chi connectivity index (χ4n) is 4.83. The van der Waals surface area contributed by atoms with Gasteiger partial charge in [0.1, 0.15) is 0 Å². The molecule has 4 unspecified atom stereocenters. The summed E-state index contributed by atoms with van der Waals surface area (Å²) >= 11 is 0. The molecular formula is C17H21BO4. The Hall–Kier alpha value is -1.33. The third-order valence-electron chi connectivity index (χ3n) is 6.35. The van der Waals surface area contributed by atoms with Crippen LogP contribution in [0.4, 0.5) is 0 Å². The molecule has 1 aliphatic heterocycles. The van der Waals surface area contributed by atoms with E-state index in [1.54, 1.807) is 18.2 Å². The highest BCUT2D eigenvalue weighted by Crippen LogP contribution is 2.65. The molecule has 5 rings (SSSR count). The Morgan fingerprint density at radius 1 is 1.32 bits per heavy atom. The molecule has 4 atom stereocenters. The fourth-order valence-corrected chi connectivity index (χ4v) is 4.83. The van der Waals surface area contributed by atoms with E-state index in [1.165, 1.54) is 6.42 Å². The van der Waals surface area contributed by atoms with Gasteiger partial charge in [0, 0.05) is 0 Å². The lowest BCUT2D eigenvalue weighted by atomic mass is 9.43. The molecular weight excluding hydrogens is 279 g/mol. The van der Waals surface area contributed by atoms with E-state index < -0.39 is 13.1 Å². The van der Waals surface area contributed by atoms with Gasteiger partial charge >= 0.3 is 13.1 Å². The van der Waals surface area contributed by atoms with Gasteiger partial charge in [-0.15, -0.1) is 0 Å². The van der Waals surface area contributed by atoms with E-state index >= 15 is 0 Å². The minimum Gasteiger partial charge on any atom is -0.478 e. The van der Waals surface area contributed by atoms with Crippen LogP contribution in [-0.4, -0.2) is 29.9 Å². The van der Waals surface area contributed by atoms with Crippen molar-refractivity contribution < 1.29 is 19.2 Å². The number of hydrogen-bond acceptors (Lipinski definition) is 3. The Morgan fingerprint density at radius 2 is 2.09 bits per heavy atom. The Morgan fingerprint density at radius 3 is 2.77 bits per heavy atom. The number of aromatic carboxylic acids is 1. The van der Waals surface area contributed by atoms with Crippen molar-refractivity contribution in [3.8, 4) is 0 Å². The standard InChI is InChI=1S/C17H21BO4/c1-16(2)11-8-13(16)17(3)14(9-11)21-18(22-17)12-6-4-5-10(7-12)15(19)20/h4-7,11,13-14H,8-9H2,1-3H3,(H,19,20). The van der Waals surface area contributed by atoms with Gasteiger partial charge in [0.25, 0.3) is 0 Å². The highest BCUT2D eigenvalue weighted by atomic mass is 16.7. The van der Waals surface area contributed by atoms with E-state index in [0.717, 1.165) is 11.9 Å². The summed E-state index contributed by atoms with van der Waals surface area (Å²) in [7, 11) is -0.454. The topological polar surface area (TPSA) is 55.8 Å². The van der Waals surface area contributed by atoms with Gasteiger partial charge in [-0.3, -0.25) is 0 Å². The van der Waals surface area contributed by atoms with Crippen molar-refractivity contribution in [2.75, 3.05) is 0 Å². The summed E-state index contributed by atoms with van der Waals surface area (Å²) in [5.41, 5.74) is 1.12. The van der Waals surface area contributed by atoms with Crippen molar-refractivity contribution in [1.29, 1.82) is 0 Å². The van der Waals surface area contributed by atoms with Gasteiger partial charge in [-0.1, -0.05) is 26.0 Å². The summed E-state index contributed by atoms with van der Waals surface area (Å²) in [4.78, 5) is 11.1. The van der Waals surface area contributed by atoms with E-state index in [9.17, 15) is 4.79 Å². The predicted octanol–water partition coefficient (Wildman–Crippen LogP) is 2.32. The normalized spacial score (nSPS) is 38.3. The minimum atomic E-state index is -0.924. The molecule has 5 heteroatoms. The summed E-state index contributed by atoms with van der Waals surface area (Å²) in [6.07, 6.45) is 2.36. The predicted molar refractivity (Wildman–Crippen MR) is 83.1 cm³/mol. The number of benzene rings is 1. The molecule has 3 aliphatic carbocycles. The van der Waals surface area contributed by atoms with E-state index in [-0.39, 0.29) is 17.3 Å². The van der Waals surface area contributed by atoms with Gasteiger partial charge in [-0.25, -0.2) is 4.79 Å². The largest absolute Gasteiger partial charge is 0.494 e. The van der Waals surface area contributed by atoms with Crippen molar-refractivity contribution >= 4 is 18.6 Å². The minimum absolute atomic E-state index is 0.114. The Labute approximate surface area is 131 Å². The average Bonchev–Trinajstić information content (AvgIpc) is 2.84. The van der Waals surface area contributed by atoms with Crippen LogP contribution in [0, 0.1) is 17.3 Å². The van der Waals surface area contributed by atoms with Crippen LogP contribution in [-0.2, 0) is 9.31 Å². The maximum absolute atomic E-state index is 11.1. The van der Waals surface area contributed by atoms with Crippen molar-refractivity contribution in [3.63, 3.8) is 0 Å². The van der Waals surface area contributed by atoms with E-state index in [4.69, 9.17) is 14.4 Å². The number of carboxylic acid groups (broad SMARTS) is 1. The molecule has 0 aromatic heterocycles. The number of carboxylic acids is 1. The molecule has 22 heavy (non-hydrogen) atoms. The second-order valence-electron chi connectivity index (χ2n) is 7.73. The number of carbonyl (C=O) groups is 1. The van der Waals surface area contributed by atoms with Gasteiger partial charge in [-0.2, -0.15) is 0 Å². The summed E-state index contributed by atoms with van der Waals surface area (Å²) in [6, 6.07) is 6.88. The van der Waals surface area contributed by atoms with Gasteiger partial charge in [0.2, 0.25) is 0 Å². The van der Waals surface area contributed by atoms with Crippen molar-refractivity contribution in [2.45, 2.75) is 45.3 Å². The van der Waals surface area contributed by atoms with Crippen LogP contribution in [0.5, 0.6) is 0 Å². The first kappa shape index (κ1) is 14.3. The Kier molecular flexibility index (Phi) is 2.83. The quantitative estimate of drug-likeness (QED) is 0.852. The van der Waals surface area contributed by atoms with Gasteiger partial charge in [-0.05, 0) is 54.6 Å². The summed E-state index contributed by atoms with van der Waals surface area (Å²) in [6.45, 7) is 6.82. The van der Waals surface area contributed by atoms with Crippen LogP contribution >= 0.6 is 0 Å². The molecule has 4 aliphatic rings. The molecule has 4 fully saturated rings. The molecule has 2 bridgehead atoms. The smallest absolute Gasteiger partial charge is 0.478 e. The van der Waals surface area contributed by atoms with Crippen molar-refractivity contribution in [3.05, 3.63) is 29.8 Å². The molecule has 1 heterocycles. The highest BCUT2D eigenvalue weighted by molar-refractivity contribution is 6.62. The van der Waals surface area contributed by atoms with E-state index in [1.807, 2.05) is 6.07 Å². The lowest BCUT2D eigenvalue weighted by molar-refractivity contribution is -0.199. The highest BCUT2D eigenvalue weighted by Gasteiger charge is 2.67. The zero-order valence-corrected chi connectivity index (χ0v) is 13.2. The van der Waals surface area contributed by atoms with Gasteiger partial charge in [0.15, 0.2) is 0 Å². The number of rotatable bonds is 2. The monoisotopic (exact) mass is 300 g/mol. The zero-order chi connectivity index (χ0) is 15.7. The SMILES string of the molecule is CC1(C)C2CC3OB(c4cccc(C(=O)O)c4)OC3(C)C1C2. The van der Waals surface area contributed by atoms with Crippen LogP contribution in [0.15, 0.2) is 24.3 Å². The lowest BCUT2D eigenvalue weighted by Gasteiger charge is -2.64. The molecule has 0 radical (unpaired) electrons. The van der Waals surface area contributed by atoms with Crippen LogP contribution < -0.4 is 5.46 Å². The van der Waals surface area contributed by atoms with Gasteiger partial charge in [0.05, 0.1) is 17.3 Å². The maximum atomic E-state index is 11.1. The zero-order valence-electron chi connectivity index (χ0n) is 13.2. The average molecular weight is 300 g/mol. The third kappa shape index (κ3) is 1.75. The van der Waals surface area contributed by atoms with Crippen LogP contribution in [0.1, 0.15) is 44.0 Å². The van der Waals surface area contributed by atoms with Gasteiger partial charge < -0.3 is 14.4 Å². The molecule has 1 aromatic carbocycles. The second kappa shape index (κ2) is 4.36. The summed E-state index contributed by atoms with van der Waals surface area (Å²) < 4.78 is 12.5. The van der Waals surface area contributed by atoms with Crippen LogP contribution in [0.2, 0.25) is 0 Å². The fraction of sp³-hybridized carbons (Fsp3) is 0.588. The first-order valence-corrected chi connectivity index (χ1v) is 7.99. The second-order valence-corrected chi connectivity index (χ2v) is 7.73. The molecule has 3 saturated carbocycles. The molecule has 1 aromatic rings. The first-order chi connectivity index (χ1) is 10.3. The summed E-state index contributed by atoms with van der Waals surface area (Å²) in [5, 5.41) is 9.14. The van der Waals surface area contributed by atoms with Crippen molar-refractivity contribution in [1.82, 2.24) is 0 Å². The van der Waals surface area contributed by atoms with E-state index in [2.05, 4.69) is 20.8 Å². The molecule has 1 saturated heterocycles. The molecule has 4 nitrogen and oxygen atoms in total. The first-order valence-electron chi connectivity index (χ1n) is 7.99. The Balaban J connectivity index is 1.63. The molecule has 1 N–H and O–H groups in total. The van der Waals surface area contributed by atoms with Crippen LogP contribution in [0.25, 0.3) is 0 Å². The number of hydrogen-bond donors (Lipinski definition) is 1. The van der Waals surface area contributed by atoms with Crippen molar-refractivity contribution in [2.24, 2.45) is 17.3 Å². The third-order valence-corrected chi connectivity index (χ3v) is 6.35. The van der Waals surface area contributed by atoms with Crippen LogP contribution in [0.3, 0.4) is 0 Å². The van der Waals surface area contributed by atoms with E-state index in [0.29, 0.717) is 17.3 Å². The molecule has 116 valence electrons.